The van der Waals surface area contributed by atoms with Crippen LogP contribution in [-0.2, 0) is 9.59 Å². The number of hydrogen-bond acceptors (Lipinski definition) is 5. The monoisotopic (exact) mass is 239 g/mol. The van der Waals surface area contributed by atoms with Gasteiger partial charge in [0, 0.05) is 17.3 Å². The number of thiazole rings is 1. The van der Waals surface area contributed by atoms with Gasteiger partial charge in [-0.05, 0) is 6.92 Å². The molecule has 1 unspecified atom stereocenters. The number of carboxylic acid groups (broad SMARTS) is 1. The average Bonchev–Trinajstić information content (AvgIpc) is 2.80. The lowest BCUT2D eigenvalue weighted by Crippen LogP contribution is -2.28. The van der Waals surface area contributed by atoms with E-state index in [1.807, 2.05) is 0 Å². The van der Waals surface area contributed by atoms with Crippen LogP contribution in [0.2, 0.25) is 0 Å². The Morgan fingerprint density at radius 1 is 1.69 bits per heavy atom. The highest BCUT2D eigenvalue weighted by atomic mass is 32.1. The van der Waals surface area contributed by atoms with Gasteiger partial charge in [0.05, 0.1) is 12.3 Å². The molecule has 1 aromatic rings. The van der Waals surface area contributed by atoms with E-state index in [-0.39, 0.29) is 12.3 Å². The number of rotatable bonds is 3. The van der Waals surface area contributed by atoms with Gasteiger partial charge in [0.1, 0.15) is 0 Å². The van der Waals surface area contributed by atoms with E-state index < -0.39 is 11.9 Å². The van der Waals surface area contributed by atoms with Crippen LogP contribution in [0, 0.1) is 5.92 Å². The highest BCUT2D eigenvalue weighted by Crippen LogP contribution is 2.26. The van der Waals surface area contributed by atoms with Gasteiger partial charge in [-0.25, -0.2) is 4.98 Å². The van der Waals surface area contributed by atoms with Gasteiger partial charge in [0.25, 0.3) is 5.91 Å². The zero-order valence-corrected chi connectivity index (χ0v) is 9.27. The third-order valence-electron chi connectivity index (χ3n) is 2.25. The van der Waals surface area contributed by atoms with E-state index in [9.17, 15) is 9.59 Å². The number of carbonyl (C=O) groups is 2. The topological polar surface area (TPSA) is 82.9 Å². The number of carbonyl (C=O) groups excluding carboxylic acids is 1. The maximum Gasteiger partial charge on any atom is 0.304 e. The van der Waals surface area contributed by atoms with Crippen LogP contribution in [0.5, 0.6) is 0 Å². The minimum atomic E-state index is -1.01. The Hall–Kier alpha value is -1.76. The molecule has 0 saturated heterocycles. The standard InChI is InChI=1S/C9H9N3O3S/c1-5-6(4-7(13)14)8(15)12(11-5)9-10-2-3-16-9/h2-3,6H,4H2,1H3,(H,13,14). The molecule has 1 atom stereocenters. The molecule has 0 aromatic carbocycles. The lowest BCUT2D eigenvalue weighted by molar-refractivity contribution is -0.139. The molecular formula is C9H9N3O3S. The summed E-state index contributed by atoms with van der Waals surface area (Å²) in [5, 5.41) is 16.1. The summed E-state index contributed by atoms with van der Waals surface area (Å²) in [4.78, 5) is 26.4. The van der Waals surface area contributed by atoms with Crippen molar-refractivity contribution in [1.29, 1.82) is 0 Å². The zero-order valence-electron chi connectivity index (χ0n) is 8.45. The highest BCUT2D eigenvalue weighted by molar-refractivity contribution is 7.13. The second-order valence-electron chi connectivity index (χ2n) is 3.36. The third-order valence-corrected chi connectivity index (χ3v) is 3.00. The molecule has 1 aliphatic rings. The van der Waals surface area contributed by atoms with Gasteiger partial charge in [-0.15, -0.1) is 11.3 Å². The van der Waals surface area contributed by atoms with Gasteiger partial charge in [0.2, 0.25) is 5.13 Å². The van der Waals surface area contributed by atoms with Crippen LogP contribution < -0.4 is 5.01 Å². The zero-order chi connectivity index (χ0) is 11.7. The Balaban J connectivity index is 2.22. The maximum atomic E-state index is 11.9. The van der Waals surface area contributed by atoms with Crippen LogP contribution in [0.25, 0.3) is 0 Å². The molecule has 2 heterocycles. The summed E-state index contributed by atoms with van der Waals surface area (Å²) in [6, 6.07) is 0. The van der Waals surface area contributed by atoms with E-state index >= 15 is 0 Å². The highest BCUT2D eigenvalue weighted by Gasteiger charge is 2.36. The minimum absolute atomic E-state index is 0.226. The van der Waals surface area contributed by atoms with Crippen LogP contribution in [0.3, 0.4) is 0 Å². The molecule has 1 N–H and O–H groups in total. The first kappa shape index (κ1) is 10.7. The molecule has 0 saturated carbocycles. The summed E-state index contributed by atoms with van der Waals surface area (Å²) >= 11 is 1.29. The van der Waals surface area contributed by atoms with Crippen molar-refractivity contribution in [3.63, 3.8) is 0 Å². The van der Waals surface area contributed by atoms with E-state index in [4.69, 9.17) is 5.11 Å². The third kappa shape index (κ3) is 1.81. The lowest BCUT2D eigenvalue weighted by atomic mass is 10.0. The van der Waals surface area contributed by atoms with Crippen LogP contribution >= 0.6 is 11.3 Å². The van der Waals surface area contributed by atoms with Crippen molar-refractivity contribution >= 4 is 34.1 Å². The van der Waals surface area contributed by atoms with Crippen molar-refractivity contribution in [1.82, 2.24) is 4.98 Å². The van der Waals surface area contributed by atoms with Crippen molar-refractivity contribution in [2.75, 3.05) is 5.01 Å². The van der Waals surface area contributed by atoms with E-state index in [2.05, 4.69) is 10.1 Å². The Bertz CT molecular complexity index is 455. The second-order valence-corrected chi connectivity index (χ2v) is 4.23. The predicted octanol–water partition coefficient (Wildman–Crippen LogP) is 0.956. The normalized spacial score (nSPS) is 20.1. The van der Waals surface area contributed by atoms with Gasteiger partial charge >= 0.3 is 5.97 Å². The van der Waals surface area contributed by atoms with Crippen LogP contribution in [0.15, 0.2) is 16.7 Å². The molecule has 0 fully saturated rings. The molecule has 1 aliphatic heterocycles. The molecule has 84 valence electrons. The molecule has 2 rings (SSSR count). The lowest BCUT2D eigenvalue weighted by Gasteiger charge is -2.09. The molecule has 1 amide bonds. The second kappa shape index (κ2) is 4.01. The first-order valence-electron chi connectivity index (χ1n) is 4.60. The molecule has 6 nitrogen and oxygen atoms in total. The Kier molecular flexibility index (Phi) is 2.69. The van der Waals surface area contributed by atoms with Crippen molar-refractivity contribution < 1.29 is 14.7 Å². The van der Waals surface area contributed by atoms with Crippen molar-refractivity contribution in [3.05, 3.63) is 11.6 Å². The molecule has 0 aliphatic carbocycles. The number of nitrogens with zero attached hydrogens (tertiary/aromatic N) is 3. The average molecular weight is 239 g/mol. The van der Waals surface area contributed by atoms with Crippen LogP contribution in [-0.4, -0.2) is 27.7 Å². The first-order valence-corrected chi connectivity index (χ1v) is 5.48. The molecule has 0 bridgehead atoms. The fourth-order valence-corrected chi connectivity index (χ4v) is 2.07. The van der Waals surface area contributed by atoms with E-state index in [0.29, 0.717) is 10.8 Å². The maximum absolute atomic E-state index is 11.9. The van der Waals surface area contributed by atoms with E-state index in [1.54, 1.807) is 18.5 Å². The largest absolute Gasteiger partial charge is 0.481 e. The summed E-state index contributed by atoms with van der Waals surface area (Å²) in [7, 11) is 0. The first-order chi connectivity index (χ1) is 7.59. The molecule has 16 heavy (non-hydrogen) atoms. The molecular weight excluding hydrogens is 230 g/mol. The summed E-state index contributed by atoms with van der Waals surface area (Å²) in [6.07, 6.45) is 1.35. The summed E-state index contributed by atoms with van der Waals surface area (Å²) in [5.41, 5.74) is 0.516. The summed E-state index contributed by atoms with van der Waals surface area (Å²) < 4.78 is 0. The Morgan fingerprint density at radius 2 is 2.44 bits per heavy atom. The summed E-state index contributed by atoms with van der Waals surface area (Å²) in [5.74, 6) is -2.00. The van der Waals surface area contributed by atoms with Crippen LogP contribution in [0.1, 0.15) is 13.3 Å². The number of hydrogen-bond donors (Lipinski definition) is 1. The number of hydrazone groups is 1. The van der Waals surface area contributed by atoms with Crippen molar-refractivity contribution in [2.45, 2.75) is 13.3 Å². The molecule has 1 aromatic heterocycles. The van der Waals surface area contributed by atoms with Gasteiger partial charge in [-0.3, -0.25) is 9.59 Å². The quantitative estimate of drug-likeness (QED) is 0.851. The number of aromatic nitrogens is 1. The summed E-state index contributed by atoms with van der Waals surface area (Å²) in [6.45, 7) is 1.65. The van der Waals surface area contributed by atoms with Crippen LogP contribution in [0.4, 0.5) is 5.13 Å². The fraction of sp³-hybridized carbons (Fsp3) is 0.333. The molecule has 0 spiro atoms. The number of amides is 1. The number of aliphatic carboxylic acids is 1. The number of anilines is 1. The van der Waals surface area contributed by atoms with E-state index in [0.717, 1.165) is 0 Å². The molecule has 7 heteroatoms. The van der Waals surface area contributed by atoms with Gasteiger partial charge in [-0.1, -0.05) is 0 Å². The molecule has 0 radical (unpaired) electrons. The predicted molar refractivity (Wildman–Crippen MR) is 58.5 cm³/mol. The van der Waals surface area contributed by atoms with E-state index in [1.165, 1.54) is 16.3 Å². The number of carboxylic acids is 1. The fourth-order valence-electron chi connectivity index (χ4n) is 1.47. The van der Waals surface area contributed by atoms with Gasteiger partial charge in [-0.2, -0.15) is 10.1 Å². The van der Waals surface area contributed by atoms with Crippen molar-refractivity contribution in [2.24, 2.45) is 11.0 Å². The van der Waals surface area contributed by atoms with Gasteiger partial charge in [0.15, 0.2) is 0 Å². The Morgan fingerprint density at radius 3 is 3.00 bits per heavy atom. The smallest absolute Gasteiger partial charge is 0.304 e. The van der Waals surface area contributed by atoms with Gasteiger partial charge < -0.3 is 5.11 Å². The van der Waals surface area contributed by atoms with Crippen molar-refractivity contribution in [3.8, 4) is 0 Å². The SMILES string of the molecule is CC1=NN(c2nccs2)C(=O)C1CC(=O)O. The Labute approximate surface area is 95.2 Å². The minimum Gasteiger partial charge on any atom is -0.481 e.